The van der Waals surface area contributed by atoms with E-state index in [-0.39, 0.29) is 18.5 Å². The lowest BCUT2D eigenvalue weighted by molar-refractivity contribution is -0.302. The molecule has 1 amide bonds. The first-order chi connectivity index (χ1) is 48.2. The zero-order chi connectivity index (χ0) is 70.8. The number of carbonyl (C=O) groups excluding carboxylic acids is 2. The van der Waals surface area contributed by atoms with Crippen LogP contribution in [0.4, 0.5) is 0 Å². The van der Waals surface area contributed by atoms with Gasteiger partial charge < -0.3 is 45.1 Å². The zero-order valence-electron chi connectivity index (χ0n) is 64.5. The number of aliphatic hydroxyl groups is 5. The number of esters is 1. The van der Waals surface area contributed by atoms with Crippen molar-refractivity contribution in [2.45, 2.75) is 474 Å². The molecule has 11 nitrogen and oxygen atoms in total. The van der Waals surface area contributed by atoms with E-state index in [1.165, 1.54) is 340 Å². The van der Waals surface area contributed by atoms with Crippen molar-refractivity contribution < 1.29 is 49.3 Å². The average Bonchev–Trinajstić information content (AvgIpc) is 0.827. The first-order valence-electron chi connectivity index (χ1n) is 42.9. The maximum absolute atomic E-state index is 13.1. The zero-order valence-corrected chi connectivity index (χ0v) is 64.5. The van der Waals surface area contributed by atoms with Crippen LogP contribution in [0.15, 0.2) is 48.6 Å². The summed E-state index contributed by atoms with van der Waals surface area (Å²) in [6.45, 7) is 4.38. The van der Waals surface area contributed by atoms with Crippen molar-refractivity contribution in [3.63, 3.8) is 0 Å². The summed E-state index contributed by atoms with van der Waals surface area (Å²) in [6, 6.07) is -0.808. The minimum Gasteiger partial charge on any atom is -0.466 e. The normalized spacial score (nSPS) is 17.4. The molecule has 0 saturated carbocycles. The van der Waals surface area contributed by atoms with Gasteiger partial charge in [-0.25, -0.2) is 0 Å². The van der Waals surface area contributed by atoms with Crippen LogP contribution in [-0.2, 0) is 23.8 Å². The highest BCUT2D eigenvalue weighted by molar-refractivity contribution is 5.76. The molecular weight excluding hydrogens is 1220 g/mol. The molecule has 6 N–H and O–H groups in total. The number of carbonyl (C=O) groups is 2. The van der Waals surface area contributed by atoms with Gasteiger partial charge in [0.25, 0.3) is 0 Å². The van der Waals surface area contributed by atoms with Gasteiger partial charge in [0.2, 0.25) is 5.91 Å². The largest absolute Gasteiger partial charge is 0.466 e. The van der Waals surface area contributed by atoms with E-state index in [1.54, 1.807) is 6.08 Å². The Hall–Kier alpha value is -2.38. The number of amides is 1. The van der Waals surface area contributed by atoms with Crippen molar-refractivity contribution in [1.82, 2.24) is 5.32 Å². The van der Waals surface area contributed by atoms with Crippen molar-refractivity contribution in [2.24, 2.45) is 0 Å². The highest BCUT2D eigenvalue weighted by atomic mass is 16.7. The lowest BCUT2D eigenvalue weighted by atomic mass is 9.99. The minimum atomic E-state index is -1.57. The molecule has 0 bridgehead atoms. The second kappa shape index (κ2) is 75.8. The summed E-state index contributed by atoms with van der Waals surface area (Å²) in [6.07, 6.45) is 91.5. The van der Waals surface area contributed by atoms with Crippen molar-refractivity contribution >= 4 is 11.9 Å². The fourth-order valence-corrected chi connectivity index (χ4v) is 13.7. The maximum atomic E-state index is 13.1. The molecule has 0 aliphatic carbocycles. The maximum Gasteiger partial charge on any atom is 0.305 e. The van der Waals surface area contributed by atoms with Crippen LogP contribution in [0.2, 0.25) is 0 Å². The summed E-state index contributed by atoms with van der Waals surface area (Å²) in [4.78, 5) is 25.2. The number of unbranched alkanes of at least 4 members (excludes halogenated alkanes) is 57. The second-order valence-electron chi connectivity index (χ2n) is 29.9. The van der Waals surface area contributed by atoms with E-state index >= 15 is 0 Å². The molecule has 7 atom stereocenters. The Kier molecular flexibility index (Phi) is 72.4. The van der Waals surface area contributed by atoms with E-state index in [2.05, 4.69) is 55.6 Å². The summed E-state index contributed by atoms with van der Waals surface area (Å²) in [5.41, 5.74) is 0. The average molecular weight is 1380 g/mol. The molecule has 1 heterocycles. The van der Waals surface area contributed by atoms with Crippen LogP contribution >= 0.6 is 0 Å². The molecule has 1 fully saturated rings. The molecule has 1 aliphatic rings. The van der Waals surface area contributed by atoms with Gasteiger partial charge >= 0.3 is 5.97 Å². The molecule has 576 valence electrons. The van der Waals surface area contributed by atoms with Gasteiger partial charge in [0.1, 0.15) is 24.4 Å². The first-order valence-corrected chi connectivity index (χ1v) is 42.9. The summed E-state index contributed by atoms with van der Waals surface area (Å²) in [7, 11) is 0. The summed E-state index contributed by atoms with van der Waals surface area (Å²) in [5, 5.41) is 54.7. The molecule has 0 aromatic carbocycles. The Balaban J connectivity index is 1.89. The number of allylic oxidation sites excluding steroid dienone is 7. The van der Waals surface area contributed by atoms with E-state index in [9.17, 15) is 35.1 Å². The number of hydrogen-bond acceptors (Lipinski definition) is 10. The van der Waals surface area contributed by atoms with E-state index in [0.717, 1.165) is 64.2 Å². The molecule has 0 aromatic rings. The predicted octanol–water partition coefficient (Wildman–Crippen LogP) is 23.8. The topological polar surface area (TPSA) is 175 Å². The fraction of sp³-hybridized carbons (Fsp3) is 0.885. The van der Waals surface area contributed by atoms with E-state index < -0.39 is 49.5 Å². The van der Waals surface area contributed by atoms with Gasteiger partial charge in [-0.1, -0.05) is 377 Å². The number of ether oxygens (including phenoxy) is 3. The molecule has 11 heteroatoms. The van der Waals surface area contributed by atoms with Crippen LogP contribution in [0.25, 0.3) is 0 Å². The van der Waals surface area contributed by atoms with Crippen molar-refractivity contribution in [3.8, 4) is 0 Å². The SMILES string of the molecule is CCCCCC/C=C\C/C=C\CCCCCCCC(=O)OCCCCCCCCCCCCCCCCCCCC/C=C\CCCCCCCCCCCCCCCCCCCC(=O)NC(COC1OC(CO)C(O)C(O)C1O)C(O)/C=C/CCCCCCCCCCCCCCC. The highest BCUT2D eigenvalue weighted by Gasteiger charge is 2.44. The molecule has 7 unspecified atom stereocenters. The summed E-state index contributed by atoms with van der Waals surface area (Å²) < 4.78 is 16.8. The van der Waals surface area contributed by atoms with E-state index in [0.29, 0.717) is 19.4 Å². The standard InChI is InChI=1S/C87H163NO10/c1-3-5-7-9-11-13-15-17-19-47-51-55-59-63-67-71-75-83(92)96-76-72-68-64-60-56-52-48-44-42-40-38-36-34-32-30-28-26-24-22-20-21-23-25-27-29-31-33-35-37-39-41-43-46-50-54-58-62-66-70-74-82(91)88-79(78-97-87-86(95)85(94)84(93)81(77-89)98-87)80(90)73-69-65-61-57-53-49-45-18-16-14-12-10-8-6-4-2/h13,15,19-21,47,69,73,79-81,84-87,89-90,93-95H,3-12,14,16-18,22-46,48-68,70-72,74-78H2,1-2H3,(H,88,91)/b15-13-,21-20-,47-19-,73-69+. The molecular formula is C87H163NO10. The van der Waals surface area contributed by atoms with Gasteiger partial charge in [-0.15, -0.1) is 0 Å². The second-order valence-corrected chi connectivity index (χ2v) is 29.9. The van der Waals surface area contributed by atoms with Crippen molar-refractivity contribution in [3.05, 3.63) is 48.6 Å². The third kappa shape index (κ3) is 63.3. The van der Waals surface area contributed by atoms with Gasteiger partial charge in [-0.2, -0.15) is 0 Å². The summed E-state index contributed by atoms with van der Waals surface area (Å²) in [5.74, 6) is -0.170. The van der Waals surface area contributed by atoms with Gasteiger partial charge in [-0.05, 0) is 89.9 Å². The van der Waals surface area contributed by atoms with Crippen molar-refractivity contribution in [1.29, 1.82) is 0 Å². The van der Waals surface area contributed by atoms with Crippen molar-refractivity contribution in [2.75, 3.05) is 19.8 Å². The summed E-state index contributed by atoms with van der Waals surface area (Å²) >= 11 is 0. The Morgan fingerprint density at radius 2 is 0.684 bits per heavy atom. The van der Waals surface area contributed by atoms with E-state index in [1.807, 2.05) is 6.08 Å². The predicted molar refractivity (Wildman–Crippen MR) is 417 cm³/mol. The van der Waals surface area contributed by atoms with Crippen LogP contribution in [0.3, 0.4) is 0 Å². The quantitative estimate of drug-likeness (QED) is 0.0195. The third-order valence-electron chi connectivity index (χ3n) is 20.4. The Morgan fingerprint density at radius 3 is 1.05 bits per heavy atom. The highest BCUT2D eigenvalue weighted by Crippen LogP contribution is 2.24. The smallest absolute Gasteiger partial charge is 0.305 e. The molecule has 0 radical (unpaired) electrons. The van der Waals surface area contributed by atoms with E-state index in [4.69, 9.17) is 14.2 Å². The van der Waals surface area contributed by atoms with Crippen LogP contribution in [0.1, 0.15) is 431 Å². The number of rotatable bonds is 77. The third-order valence-corrected chi connectivity index (χ3v) is 20.4. The van der Waals surface area contributed by atoms with Gasteiger partial charge in [0, 0.05) is 12.8 Å². The lowest BCUT2D eigenvalue weighted by Gasteiger charge is -2.40. The Morgan fingerprint density at radius 1 is 0.378 bits per heavy atom. The molecule has 1 aliphatic heterocycles. The molecule has 1 rings (SSSR count). The monoisotopic (exact) mass is 1380 g/mol. The molecule has 1 saturated heterocycles. The fourth-order valence-electron chi connectivity index (χ4n) is 13.7. The molecule has 0 spiro atoms. The minimum absolute atomic E-state index is 0.00380. The first kappa shape index (κ1) is 93.6. The van der Waals surface area contributed by atoms with Crippen LogP contribution in [0.5, 0.6) is 0 Å². The Labute approximate surface area is 606 Å². The Bertz CT molecular complexity index is 1770. The van der Waals surface area contributed by atoms with Gasteiger partial charge in [0.15, 0.2) is 6.29 Å². The molecule has 0 aromatic heterocycles. The van der Waals surface area contributed by atoms with Crippen LogP contribution < -0.4 is 5.32 Å². The lowest BCUT2D eigenvalue weighted by Crippen LogP contribution is -2.60. The number of aliphatic hydroxyl groups excluding tert-OH is 5. The number of hydrogen-bond donors (Lipinski definition) is 6. The molecule has 98 heavy (non-hydrogen) atoms. The van der Waals surface area contributed by atoms with Crippen LogP contribution in [-0.4, -0.2) is 100 Å². The number of nitrogens with one attached hydrogen (secondary N) is 1. The van der Waals surface area contributed by atoms with Crippen LogP contribution in [0, 0.1) is 0 Å². The van der Waals surface area contributed by atoms with Gasteiger partial charge in [0.05, 0.1) is 32.0 Å². The van der Waals surface area contributed by atoms with Gasteiger partial charge in [-0.3, -0.25) is 9.59 Å².